The van der Waals surface area contributed by atoms with E-state index >= 15 is 0 Å². The van der Waals surface area contributed by atoms with E-state index < -0.39 is 0 Å². The van der Waals surface area contributed by atoms with E-state index in [0.29, 0.717) is 11.6 Å². The summed E-state index contributed by atoms with van der Waals surface area (Å²) < 4.78 is 0. The molecule has 0 aliphatic rings. The van der Waals surface area contributed by atoms with Crippen LogP contribution in [0.25, 0.3) is 0 Å². The van der Waals surface area contributed by atoms with Crippen molar-refractivity contribution in [2.24, 2.45) is 0 Å². The van der Waals surface area contributed by atoms with E-state index in [1.165, 1.54) is 6.07 Å². The van der Waals surface area contributed by atoms with Crippen molar-refractivity contribution in [2.45, 2.75) is 26.3 Å². The maximum absolute atomic E-state index is 11.3. The summed E-state index contributed by atoms with van der Waals surface area (Å²) in [5, 5.41) is 3.22. The summed E-state index contributed by atoms with van der Waals surface area (Å²) in [4.78, 5) is 20.4. The summed E-state index contributed by atoms with van der Waals surface area (Å²) in [7, 11) is 4.03. The molecule has 0 aliphatic carbocycles. The maximum atomic E-state index is 11.3. The van der Waals surface area contributed by atoms with Crippen LogP contribution in [-0.2, 0) is 6.42 Å². The van der Waals surface area contributed by atoms with Crippen LogP contribution >= 0.6 is 0 Å². The van der Waals surface area contributed by atoms with E-state index in [2.05, 4.69) is 27.1 Å². The molecule has 5 heteroatoms. The smallest absolute Gasteiger partial charge is 0.252 e. The fourth-order valence-corrected chi connectivity index (χ4v) is 1.60. The molecule has 0 fully saturated rings. The third kappa shape index (κ3) is 4.02. The molecule has 5 nitrogen and oxygen atoms in total. The fourth-order valence-electron chi connectivity index (χ4n) is 1.60. The van der Waals surface area contributed by atoms with Gasteiger partial charge in [0.25, 0.3) is 5.56 Å². The van der Waals surface area contributed by atoms with Gasteiger partial charge in [-0.2, -0.15) is 0 Å². The predicted octanol–water partition coefficient (Wildman–Crippen LogP) is 0.694. The Hall–Kier alpha value is -1.36. The average molecular weight is 224 g/mol. The third-order valence-electron chi connectivity index (χ3n) is 2.16. The zero-order valence-corrected chi connectivity index (χ0v) is 10.4. The molecule has 0 spiro atoms. The van der Waals surface area contributed by atoms with Gasteiger partial charge in [0, 0.05) is 25.1 Å². The first kappa shape index (κ1) is 12.7. The van der Waals surface area contributed by atoms with Gasteiger partial charge in [-0.1, -0.05) is 6.92 Å². The third-order valence-corrected chi connectivity index (χ3v) is 2.16. The lowest BCUT2D eigenvalue weighted by molar-refractivity contribution is 0.392. The van der Waals surface area contributed by atoms with E-state index in [-0.39, 0.29) is 11.6 Å². The molecule has 0 amide bonds. The molecule has 90 valence electrons. The molecule has 0 bridgehead atoms. The lowest BCUT2D eigenvalue weighted by Gasteiger charge is -2.18. The van der Waals surface area contributed by atoms with Crippen molar-refractivity contribution in [3.63, 3.8) is 0 Å². The highest BCUT2D eigenvalue weighted by atomic mass is 16.1. The molecule has 1 aromatic rings. The van der Waals surface area contributed by atoms with Gasteiger partial charge >= 0.3 is 0 Å². The van der Waals surface area contributed by atoms with Crippen LogP contribution in [-0.4, -0.2) is 41.5 Å². The van der Waals surface area contributed by atoms with Crippen LogP contribution in [0, 0.1) is 0 Å². The Bertz CT molecular complexity index is 386. The van der Waals surface area contributed by atoms with Crippen molar-refractivity contribution >= 4 is 5.82 Å². The minimum absolute atomic E-state index is 0.105. The van der Waals surface area contributed by atoms with Crippen molar-refractivity contribution < 1.29 is 0 Å². The van der Waals surface area contributed by atoms with E-state index in [9.17, 15) is 4.79 Å². The average Bonchev–Trinajstić information content (AvgIpc) is 2.14. The Kier molecular flexibility index (Phi) is 4.49. The minimum Gasteiger partial charge on any atom is -0.366 e. The zero-order chi connectivity index (χ0) is 12.1. The SMILES string of the molecule is CCc1nc(NC(C)CN(C)C)cc(=O)[nH]1. The first-order valence-corrected chi connectivity index (χ1v) is 5.52. The lowest BCUT2D eigenvalue weighted by Crippen LogP contribution is -2.30. The van der Waals surface area contributed by atoms with Gasteiger partial charge in [-0.15, -0.1) is 0 Å². The van der Waals surface area contributed by atoms with Crippen molar-refractivity contribution in [1.29, 1.82) is 0 Å². The second-order valence-corrected chi connectivity index (χ2v) is 4.24. The molecule has 1 heterocycles. The van der Waals surface area contributed by atoms with Crippen LogP contribution in [0.1, 0.15) is 19.7 Å². The fraction of sp³-hybridized carbons (Fsp3) is 0.636. The quantitative estimate of drug-likeness (QED) is 0.772. The predicted molar refractivity (Wildman–Crippen MR) is 65.9 cm³/mol. The molecule has 16 heavy (non-hydrogen) atoms. The monoisotopic (exact) mass is 224 g/mol. The van der Waals surface area contributed by atoms with Gasteiger partial charge in [-0.3, -0.25) is 4.79 Å². The van der Waals surface area contributed by atoms with Crippen LogP contribution in [0.15, 0.2) is 10.9 Å². The number of nitrogens with one attached hydrogen (secondary N) is 2. The Balaban J connectivity index is 2.73. The number of likely N-dealkylation sites (N-methyl/N-ethyl adjacent to an activating group) is 1. The number of nitrogens with zero attached hydrogens (tertiary/aromatic N) is 2. The Labute approximate surface area is 95.9 Å². The molecule has 0 saturated carbocycles. The van der Waals surface area contributed by atoms with Gasteiger partial charge in [0.15, 0.2) is 0 Å². The van der Waals surface area contributed by atoms with Crippen molar-refractivity contribution in [1.82, 2.24) is 14.9 Å². The van der Waals surface area contributed by atoms with E-state index in [0.717, 1.165) is 13.0 Å². The molecular weight excluding hydrogens is 204 g/mol. The largest absolute Gasteiger partial charge is 0.366 e. The minimum atomic E-state index is -0.105. The van der Waals surface area contributed by atoms with E-state index in [4.69, 9.17) is 0 Å². The number of aromatic amines is 1. The summed E-state index contributed by atoms with van der Waals surface area (Å²) >= 11 is 0. The molecule has 1 rings (SSSR count). The normalized spacial score (nSPS) is 12.8. The van der Waals surface area contributed by atoms with Crippen molar-refractivity contribution in [3.05, 3.63) is 22.2 Å². The Morgan fingerprint density at radius 1 is 1.56 bits per heavy atom. The number of H-pyrrole nitrogens is 1. The van der Waals surface area contributed by atoms with Gasteiger partial charge in [-0.25, -0.2) is 4.98 Å². The standard InChI is InChI=1S/C11H20N4O/c1-5-9-13-10(6-11(16)14-9)12-8(2)7-15(3)4/h6,8H,5,7H2,1-4H3,(H2,12,13,14,16). The summed E-state index contributed by atoms with van der Waals surface area (Å²) in [6.07, 6.45) is 0.729. The van der Waals surface area contributed by atoms with Gasteiger partial charge in [-0.05, 0) is 21.0 Å². The van der Waals surface area contributed by atoms with Crippen LogP contribution in [0.5, 0.6) is 0 Å². The van der Waals surface area contributed by atoms with Crippen molar-refractivity contribution in [2.75, 3.05) is 26.0 Å². The van der Waals surface area contributed by atoms with Gasteiger partial charge in [0.1, 0.15) is 11.6 Å². The lowest BCUT2D eigenvalue weighted by atomic mass is 10.3. The number of aryl methyl sites for hydroxylation is 1. The van der Waals surface area contributed by atoms with Crippen molar-refractivity contribution in [3.8, 4) is 0 Å². The highest BCUT2D eigenvalue weighted by molar-refractivity contribution is 5.34. The Morgan fingerprint density at radius 2 is 2.25 bits per heavy atom. The number of hydrogen-bond acceptors (Lipinski definition) is 4. The number of aromatic nitrogens is 2. The van der Waals surface area contributed by atoms with E-state index in [1.807, 2.05) is 21.0 Å². The molecule has 0 saturated heterocycles. The van der Waals surface area contributed by atoms with E-state index in [1.54, 1.807) is 0 Å². The van der Waals surface area contributed by atoms with Crippen LogP contribution in [0.4, 0.5) is 5.82 Å². The van der Waals surface area contributed by atoms with Crippen LogP contribution in [0.3, 0.4) is 0 Å². The highest BCUT2D eigenvalue weighted by Gasteiger charge is 2.05. The second-order valence-electron chi connectivity index (χ2n) is 4.24. The first-order valence-electron chi connectivity index (χ1n) is 5.52. The molecule has 2 N–H and O–H groups in total. The van der Waals surface area contributed by atoms with Gasteiger partial charge in [0.05, 0.1) is 0 Å². The van der Waals surface area contributed by atoms with Crippen LogP contribution < -0.4 is 10.9 Å². The van der Waals surface area contributed by atoms with Gasteiger partial charge in [0.2, 0.25) is 0 Å². The Morgan fingerprint density at radius 3 is 2.81 bits per heavy atom. The molecule has 0 aromatic carbocycles. The highest BCUT2D eigenvalue weighted by Crippen LogP contribution is 2.02. The molecule has 1 aromatic heterocycles. The number of hydrogen-bond donors (Lipinski definition) is 2. The second kappa shape index (κ2) is 5.65. The molecular formula is C11H20N4O. The molecule has 0 radical (unpaired) electrons. The first-order chi connectivity index (χ1) is 7.51. The maximum Gasteiger partial charge on any atom is 0.252 e. The number of anilines is 1. The molecule has 0 aliphatic heterocycles. The summed E-state index contributed by atoms with van der Waals surface area (Å²) in [6.45, 7) is 4.93. The molecule has 1 atom stereocenters. The van der Waals surface area contributed by atoms with Gasteiger partial charge < -0.3 is 15.2 Å². The molecule has 1 unspecified atom stereocenters. The summed E-state index contributed by atoms with van der Waals surface area (Å²) in [5.74, 6) is 1.36. The summed E-state index contributed by atoms with van der Waals surface area (Å²) in [5.41, 5.74) is -0.105. The number of rotatable bonds is 5. The topological polar surface area (TPSA) is 61.0 Å². The summed E-state index contributed by atoms with van der Waals surface area (Å²) in [6, 6.07) is 1.75. The van der Waals surface area contributed by atoms with Crippen LogP contribution in [0.2, 0.25) is 0 Å². The zero-order valence-electron chi connectivity index (χ0n) is 10.4.